The Labute approximate surface area is 139 Å². The summed E-state index contributed by atoms with van der Waals surface area (Å²) in [5, 5.41) is 22.5. The zero-order valence-electron chi connectivity index (χ0n) is 13.3. The summed E-state index contributed by atoms with van der Waals surface area (Å²) in [6, 6.07) is 2.30. The summed E-state index contributed by atoms with van der Waals surface area (Å²) in [6.07, 6.45) is -3.30. The Balaban J connectivity index is 2.58. The molecule has 2 unspecified atom stereocenters. The Morgan fingerprint density at radius 1 is 1.43 bits per heavy atom. The minimum absolute atomic E-state index is 0.000215. The van der Waals surface area contributed by atoms with Gasteiger partial charge in [-0.1, -0.05) is 11.6 Å². The normalized spacial score (nSPS) is 14.2. The van der Waals surface area contributed by atoms with Crippen LogP contribution in [0, 0.1) is 5.82 Å². The molecule has 1 aromatic rings. The van der Waals surface area contributed by atoms with Gasteiger partial charge in [0, 0.05) is 17.1 Å². The van der Waals surface area contributed by atoms with Gasteiger partial charge < -0.3 is 26.0 Å². The van der Waals surface area contributed by atoms with Gasteiger partial charge in [-0.25, -0.2) is 9.18 Å². The minimum Gasteiger partial charge on any atom is -0.444 e. The number of carbonyl (C=O) groups excluding carboxylic acids is 1. The standard InChI is InChI=1S/C15H22ClFN2O4/c1-15(2,3)23-14(22)19-5-4-11(20)13(21)9-6-8(16)7-10(17)12(9)18/h6-7,11,13,20-21H,4-5,18H2,1-3H3,(H,19,22). The van der Waals surface area contributed by atoms with Crippen molar-refractivity contribution >= 4 is 23.4 Å². The van der Waals surface area contributed by atoms with Crippen LogP contribution in [0.25, 0.3) is 0 Å². The van der Waals surface area contributed by atoms with Gasteiger partial charge >= 0.3 is 6.09 Å². The third-order valence-electron chi connectivity index (χ3n) is 2.92. The summed E-state index contributed by atoms with van der Waals surface area (Å²) >= 11 is 5.72. The lowest BCUT2D eigenvalue weighted by Gasteiger charge is -2.22. The number of nitrogen functional groups attached to an aromatic ring is 1. The maximum atomic E-state index is 13.5. The Morgan fingerprint density at radius 2 is 2.04 bits per heavy atom. The maximum absolute atomic E-state index is 13.5. The average molecular weight is 349 g/mol. The number of aliphatic hydroxyl groups excluding tert-OH is 2. The van der Waals surface area contributed by atoms with Gasteiger partial charge in [0.05, 0.1) is 11.8 Å². The summed E-state index contributed by atoms with van der Waals surface area (Å²) in [5.74, 6) is -0.773. The molecule has 2 atom stereocenters. The number of carbonyl (C=O) groups is 1. The number of rotatable bonds is 5. The maximum Gasteiger partial charge on any atom is 0.407 e. The number of hydrogen-bond acceptors (Lipinski definition) is 5. The van der Waals surface area contributed by atoms with Crippen molar-refractivity contribution in [3.05, 3.63) is 28.5 Å². The number of nitrogens with two attached hydrogens (primary N) is 1. The fourth-order valence-electron chi connectivity index (χ4n) is 1.85. The molecule has 0 aromatic heterocycles. The first kappa shape index (κ1) is 19.5. The summed E-state index contributed by atoms with van der Waals surface area (Å²) in [6.45, 7) is 5.24. The van der Waals surface area contributed by atoms with E-state index in [1.165, 1.54) is 6.07 Å². The molecule has 0 saturated carbocycles. The van der Waals surface area contributed by atoms with Crippen LogP contribution in [-0.2, 0) is 4.74 Å². The summed E-state index contributed by atoms with van der Waals surface area (Å²) in [7, 11) is 0. The number of anilines is 1. The predicted octanol–water partition coefficient (Wildman–Crippen LogP) is 2.37. The molecule has 0 aliphatic heterocycles. The molecule has 0 saturated heterocycles. The molecule has 5 N–H and O–H groups in total. The quantitative estimate of drug-likeness (QED) is 0.611. The van der Waals surface area contributed by atoms with E-state index in [-0.39, 0.29) is 29.2 Å². The van der Waals surface area contributed by atoms with Crippen LogP contribution >= 0.6 is 11.6 Å². The first-order valence-electron chi connectivity index (χ1n) is 7.08. The van der Waals surface area contributed by atoms with Crippen molar-refractivity contribution in [3.63, 3.8) is 0 Å². The highest BCUT2D eigenvalue weighted by atomic mass is 35.5. The van der Waals surface area contributed by atoms with Gasteiger partial charge in [0.25, 0.3) is 0 Å². The van der Waals surface area contributed by atoms with Gasteiger partial charge in [-0.15, -0.1) is 0 Å². The third kappa shape index (κ3) is 6.21. The van der Waals surface area contributed by atoms with Gasteiger partial charge in [0.1, 0.15) is 17.5 Å². The SMILES string of the molecule is CC(C)(C)OC(=O)NCCC(O)C(O)c1cc(Cl)cc(F)c1N. The lowest BCUT2D eigenvalue weighted by molar-refractivity contribution is 0.0126. The van der Waals surface area contributed by atoms with Crippen LogP contribution in [-0.4, -0.2) is 34.6 Å². The predicted molar refractivity (Wildman–Crippen MR) is 85.6 cm³/mol. The van der Waals surface area contributed by atoms with Crippen molar-refractivity contribution in [2.75, 3.05) is 12.3 Å². The third-order valence-corrected chi connectivity index (χ3v) is 3.14. The van der Waals surface area contributed by atoms with Crippen LogP contribution in [0.2, 0.25) is 5.02 Å². The van der Waals surface area contributed by atoms with Gasteiger partial charge in [-0.05, 0) is 39.3 Å². The number of benzene rings is 1. The van der Waals surface area contributed by atoms with E-state index in [0.29, 0.717) is 0 Å². The van der Waals surface area contributed by atoms with E-state index in [1.54, 1.807) is 20.8 Å². The molecule has 23 heavy (non-hydrogen) atoms. The average Bonchev–Trinajstić information content (AvgIpc) is 2.39. The molecule has 0 radical (unpaired) electrons. The van der Waals surface area contributed by atoms with E-state index in [4.69, 9.17) is 22.1 Å². The lowest BCUT2D eigenvalue weighted by atomic mass is 10.00. The van der Waals surface area contributed by atoms with Crippen LogP contribution in [0.3, 0.4) is 0 Å². The Bertz CT molecular complexity index is 563. The number of ether oxygens (including phenoxy) is 1. The summed E-state index contributed by atoms with van der Waals surface area (Å²) in [5.41, 5.74) is 4.63. The highest BCUT2D eigenvalue weighted by Gasteiger charge is 2.23. The van der Waals surface area contributed by atoms with Crippen molar-refractivity contribution in [3.8, 4) is 0 Å². The van der Waals surface area contributed by atoms with Crippen molar-refractivity contribution in [1.29, 1.82) is 0 Å². The van der Waals surface area contributed by atoms with E-state index in [2.05, 4.69) is 5.32 Å². The Hall–Kier alpha value is -1.57. The second kappa shape index (κ2) is 7.81. The van der Waals surface area contributed by atoms with Crippen LogP contribution in [0.15, 0.2) is 12.1 Å². The molecule has 8 heteroatoms. The largest absolute Gasteiger partial charge is 0.444 e. The molecule has 0 heterocycles. The number of nitrogens with one attached hydrogen (secondary N) is 1. The number of hydrogen-bond donors (Lipinski definition) is 4. The van der Waals surface area contributed by atoms with Crippen molar-refractivity contribution in [1.82, 2.24) is 5.32 Å². The second-order valence-corrected chi connectivity index (χ2v) is 6.56. The van der Waals surface area contributed by atoms with Crippen molar-refractivity contribution in [2.45, 2.75) is 45.0 Å². The molecule has 1 rings (SSSR count). The van der Waals surface area contributed by atoms with Gasteiger partial charge in [0.15, 0.2) is 0 Å². The fourth-order valence-corrected chi connectivity index (χ4v) is 2.06. The monoisotopic (exact) mass is 348 g/mol. The number of amides is 1. The van der Waals surface area contributed by atoms with Gasteiger partial charge in [-0.3, -0.25) is 0 Å². The Morgan fingerprint density at radius 3 is 2.61 bits per heavy atom. The molecule has 0 aliphatic carbocycles. The zero-order valence-corrected chi connectivity index (χ0v) is 14.0. The molecule has 6 nitrogen and oxygen atoms in total. The van der Waals surface area contributed by atoms with Crippen molar-refractivity contribution < 1.29 is 24.1 Å². The fraction of sp³-hybridized carbons (Fsp3) is 0.533. The molecule has 1 amide bonds. The van der Waals surface area contributed by atoms with Gasteiger partial charge in [-0.2, -0.15) is 0 Å². The number of aliphatic hydroxyl groups is 2. The van der Waals surface area contributed by atoms with Crippen LogP contribution < -0.4 is 11.1 Å². The first-order valence-corrected chi connectivity index (χ1v) is 7.46. The topological polar surface area (TPSA) is 105 Å². The smallest absolute Gasteiger partial charge is 0.407 e. The first-order chi connectivity index (χ1) is 10.5. The van der Waals surface area contributed by atoms with Crippen LogP contribution in [0.1, 0.15) is 38.9 Å². The molecular weight excluding hydrogens is 327 g/mol. The summed E-state index contributed by atoms with van der Waals surface area (Å²) < 4.78 is 18.5. The van der Waals surface area contributed by atoms with E-state index in [0.717, 1.165) is 6.07 Å². The second-order valence-electron chi connectivity index (χ2n) is 6.12. The zero-order chi connectivity index (χ0) is 17.8. The van der Waals surface area contributed by atoms with E-state index in [9.17, 15) is 19.4 Å². The van der Waals surface area contributed by atoms with E-state index >= 15 is 0 Å². The van der Waals surface area contributed by atoms with Gasteiger partial charge in [0.2, 0.25) is 0 Å². The highest BCUT2D eigenvalue weighted by molar-refractivity contribution is 6.30. The lowest BCUT2D eigenvalue weighted by Crippen LogP contribution is -2.34. The minimum atomic E-state index is -1.43. The number of alkyl carbamates (subject to hydrolysis) is 1. The summed E-state index contributed by atoms with van der Waals surface area (Å²) in [4.78, 5) is 11.5. The Kier molecular flexibility index (Phi) is 6.61. The molecule has 1 aromatic carbocycles. The van der Waals surface area contributed by atoms with Crippen LogP contribution in [0.5, 0.6) is 0 Å². The molecule has 0 aliphatic rings. The number of halogens is 2. The highest BCUT2D eigenvalue weighted by Crippen LogP contribution is 2.29. The van der Waals surface area contributed by atoms with E-state index in [1.807, 2.05) is 0 Å². The van der Waals surface area contributed by atoms with Crippen LogP contribution in [0.4, 0.5) is 14.9 Å². The molecule has 130 valence electrons. The molecule has 0 bridgehead atoms. The van der Waals surface area contributed by atoms with Crippen molar-refractivity contribution in [2.24, 2.45) is 0 Å². The molecule has 0 fully saturated rings. The van der Waals surface area contributed by atoms with E-state index < -0.39 is 29.7 Å². The molecule has 0 spiro atoms. The molecular formula is C15H22ClFN2O4.